The molecule has 0 aromatic carbocycles. The van der Waals surface area contributed by atoms with E-state index in [2.05, 4.69) is 35.9 Å². The molecule has 2 heterocycles. The molecule has 0 bridgehead atoms. The van der Waals surface area contributed by atoms with Crippen LogP contribution in [0.1, 0.15) is 65.7 Å². The summed E-state index contributed by atoms with van der Waals surface area (Å²) in [6, 6.07) is 0. The summed E-state index contributed by atoms with van der Waals surface area (Å²) in [5.74, 6) is 2.70. The molecule has 0 aromatic rings. The molecule has 1 unspecified atom stereocenters. The van der Waals surface area contributed by atoms with E-state index >= 15 is 0 Å². The van der Waals surface area contributed by atoms with E-state index in [9.17, 15) is 0 Å². The lowest BCUT2D eigenvalue weighted by atomic mass is 9.86. The van der Waals surface area contributed by atoms with Crippen molar-refractivity contribution in [2.45, 2.75) is 65.7 Å². The monoisotopic (exact) mass is 348 g/mol. The van der Waals surface area contributed by atoms with Crippen LogP contribution in [0.25, 0.3) is 0 Å². The maximum absolute atomic E-state index is 5.09. The second kappa shape index (κ2) is 8.75. The third-order valence-electron chi connectivity index (χ3n) is 6.46. The third kappa shape index (κ3) is 5.12. The SMILES string of the molecule is CCNC(=NCC1CCCN(CC(C)C)C1)N1CCC2(CCCC2)C1. The fourth-order valence-corrected chi connectivity index (χ4v) is 5.27. The van der Waals surface area contributed by atoms with Crippen LogP contribution in [0.3, 0.4) is 0 Å². The van der Waals surface area contributed by atoms with Crippen LogP contribution < -0.4 is 5.32 Å². The largest absolute Gasteiger partial charge is 0.357 e. The molecule has 2 aliphatic heterocycles. The number of hydrogen-bond donors (Lipinski definition) is 1. The molecule has 0 amide bonds. The molecule has 4 nitrogen and oxygen atoms in total. The summed E-state index contributed by atoms with van der Waals surface area (Å²) < 4.78 is 0. The average Bonchev–Trinajstić information content (AvgIpc) is 3.21. The average molecular weight is 349 g/mol. The van der Waals surface area contributed by atoms with Crippen molar-refractivity contribution in [1.82, 2.24) is 15.1 Å². The van der Waals surface area contributed by atoms with Crippen molar-refractivity contribution in [2.75, 3.05) is 45.8 Å². The molecule has 1 aliphatic carbocycles. The van der Waals surface area contributed by atoms with Gasteiger partial charge in [-0.1, -0.05) is 26.7 Å². The van der Waals surface area contributed by atoms with E-state index in [1.807, 2.05) is 0 Å². The minimum absolute atomic E-state index is 0.620. The van der Waals surface area contributed by atoms with E-state index in [-0.39, 0.29) is 0 Å². The maximum Gasteiger partial charge on any atom is 0.193 e. The number of rotatable bonds is 5. The Morgan fingerprint density at radius 2 is 1.96 bits per heavy atom. The van der Waals surface area contributed by atoms with Crippen molar-refractivity contribution in [3.63, 3.8) is 0 Å². The third-order valence-corrected chi connectivity index (χ3v) is 6.46. The van der Waals surface area contributed by atoms with E-state index in [0.29, 0.717) is 5.41 Å². The van der Waals surface area contributed by atoms with Crippen molar-refractivity contribution in [1.29, 1.82) is 0 Å². The van der Waals surface area contributed by atoms with E-state index < -0.39 is 0 Å². The first kappa shape index (κ1) is 19.0. The number of guanidine groups is 1. The number of hydrogen-bond acceptors (Lipinski definition) is 2. The molecular formula is C21H40N4. The van der Waals surface area contributed by atoms with Crippen LogP contribution >= 0.6 is 0 Å². The molecule has 3 rings (SSSR count). The normalized spacial score (nSPS) is 27.6. The van der Waals surface area contributed by atoms with Gasteiger partial charge >= 0.3 is 0 Å². The smallest absolute Gasteiger partial charge is 0.193 e. The predicted octanol–water partition coefficient (Wildman–Crippen LogP) is 3.59. The molecule has 1 saturated carbocycles. The zero-order valence-corrected chi connectivity index (χ0v) is 16.9. The van der Waals surface area contributed by atoms with Crippen molar-refractivity contribution in [3.05, 3.63) is 0 Å². The topological polar surface area (TPSA) is 30.9 Å². The van der Waals surface area contributed by atoms with Crippen LogP contribution in [0.2, 0.25) is 0 Å². The van der Waals surface area contributed by atoms with Gasteiger partial charge in [0.1, 0.15) is 0 Å². The molecule has 3 fully saturated rings. The minimum Gasteiger partial charge on any atom is -0.357 e. The summed E-state index contributed by atoms with van der Waals surface area (Å²) in [7, 11) is 0. The fourth-order valence-electron chi connectivity index (χ4n) is 5.27. The van der Waals surface area contributed by atoms with E-state index in [1.54, 1.807) is 0 Å². The molecule has 1 N–H and O–H groups in total. The lowest BCUT2D eigenvalue weighted by Gasteiger charge is -2.33. The van der Waals surface area contributed by atoms with Gasteiger partial charge < -0.3 is 15.1 Å². The van der Waals surface area contributed by atoms with Gasteiger partial charge in [-0.05, 0) is 62.8 Å². The minimum atomic E-state index is 0.620. The van der Waals surface area contributed by atoms with Gasteiger partial charge in [-0.2, -0.15) is 0 Å². The first-order valence-electron chi connectivity index (χ1n) is 10.9. The van der Waals surface area contributed by atoms with Gasteiger partial charge in [0.2, 0.25) is 0 Å². The van der Waals surface area contributed by atoms with Gasteiger partial charge in [0.15, 0.2) is 5.96 Å². The van der Waals surface area contributed by atoms with E-state index in [0.717, 1.165) is 24.9 Å². The van der Waals surface area contributed by atoms with Crippen LogP contribution in [-0.4, -0.2) is 61.6 Å². The molecule has 1 spiro atoms. The van der Waals surface area contributed by atoms with Crippen LogP contribution in [0.5, 0.6) is 0 Å². The molecule has 3 aliphatic rings. The van der Waals surface area contributed by atoms with Crippen molar-refractivity contribution >= 4 is 5.96 Å². The fraction of sp³-hybridized carbons (Fsp3) is 0.952. The molecule has 2 saturated heterocycles. The maximum atomic E-state index is 5.09. The Balaban J connectivity index is 1.55. The van der Waals surface area contributed by atoms with Gasteiger partial charge in [-0.25, -0.2) is 0 Å². The second-order valence-corrected chi connectivity index (χ2v) is 9.23. The second-order valence-electron chi connectivity index (χ2n) is 9.23. The van der Waals surface area contributed by atoms with Gasteiger partial charge in [-0.15, -0.1) is 0 Å². The van der Waals surface area contributed by atoms with Crippen molar-refractivity contribution in [2.24, 2.45) is 22.2 Å². The molecule has 0 aromatic heterocycles. The number of aliphatic imine (C=N–C) groups is 1. The van der Waals surface area contributed by atoms with Gasteiger partial charge in [0.25, 0.3) is 0 Å². The van der Waals surface area contributed by atoms with Crippen molar-refractivity contribution < 1.29 is 0 Å². The Morgan fingerprint density at radius 1 is 1.16 bits per heavy atom. The first-order valence-corrected chi connectivity index (χ1v) is 10.9. The van der Waals surface area contributed by atoms with E-state index in [1.165, 1.54) is 83.6 Å². The molecule has 25 heavy (non-hydrogen) atoms. The highest BCUT2D eigenvalue weighted by Crippen LogP contribution is 2.45. The van der Waals surface area contributed by atoms with Gasteiger partial charge in [-0.3, -0.25) is 4.99 Å². The summed E-state index contributed by atoms with van der Waals surface area (Å²) in [5, 5.41) is 3.58. The highest BCUT2D eigenvalue weighted by Gasteiger charge is 2.41. The van der Waals surface area contributed by atoms with Crippen LogP contribution in [0.4, 0.5) is 0 Å². The number of likely N-dealkylation sites (tertiary alicyclic amines) is 2. The highest BCUT2D eigenvalue weighted by molar-refractivity contribution is 5.80. The quantitative estimate of drug-likeness (QED) is 0.608. The summed E-state index contributed by atoms with van der Waals surface area (Å²) in [6.45, 7) is 15.1. The Hall–Kier alpha value is -0.770. The molecule has 144 valence electrons. The van der Waals surface area contributed by atoms with Gasteiger partial charge in [0.05, 0.1) is 0 Å². The highest BCUT2D eigenvalue weighted by atomic mass is 15.3. The number of nitrogens with one attached hydrogen (secondary N) is 1. The predicted molar refractivity (Wildman–Crippen MR) is 107 cm³/mol. The Morgan fingerprint density at radius 3 is 2.68 bits per heavy atom. The summed E-state index contributed by atoms with van der Waals surface area (Å²) in [6.07, 6.45) is 9.83. The molecule has 4 heteroatoms. The Kier molecular flexibility index (Phi) is 6.65. The lowest BCUT2D eigenvalue weighted by molar-refractivity contribution is 0.162. The van der Waals surface area contributed by atoms with E-state index in [4.69, 9.17) is 4.99 Å². The number of nitrogens with zero attached hydrogens (tertiary/aromatic N) is 3. The first-order chi connectivity index (χ1) is 12.1. The Labute approximate surface area is 155 Å². The molecule has 0 radical (unpaired) electrons. The number of piperidine rings is 1. The van der Waals surface area contributed by atoms with Crippen LogP contribution in [0.15, 0.2) is 4.99 Å². The van der Waals surface area contributed by atoms with Crippen LogP contribution in [-0.2, 0) is 0 Å². The zero-order valence-electron chi connectivity index (χ0n) is 16.9. The standard InChI is InChI=1S/C21H40N4/c1-4-22-20(25-13-11-21(17-25)9-5-6-10-21)23-14-19-8-7-12-24(16-19)15-18(2)3/h18-19H,4-17H2,1-3H3,(H,22,23). The van der Waals surface area contributed by atoms with Gasteiger partial charge in [0, 0.05) is 39.3 Å². The zero-order chi connectivity index (χ0) is 17.7. The summed E-state index contributed by atoms with van der Waals surface area (Å²) >= 11 is 0. The molecule has 1 atom stereocenters. The lowest BCUT2D eigenvalue weighted by Crippen LogP contribution is -2.42. The Bertz CT molecular complexity index is 439. The summed E-state index contributed by atoms with van der Waals surface area (Å²) in [5.41, 5.74) is 0.620. The summed E-state index contributed by atoms with van der Waals surface area (Å²) in [4.78, 5) is 10.3. The van der Waals surface area contributed by atoms with Crippen LogP contribution in [0, 0.1) is 17.3 Å². The van der Waals surface area contributed by atoms with Crippen molar-refractivity contribution in [3.8, 4) is 0 Å². The molecular weight excluding hydrogens is 308 g/mol.